The number of nitrogens with zero attached hydrogens (tertiary/aromatic N) is 2. The predicted molar refractivity (Wildman–Crippen MR) is 116 cm³/mol. The number of aryl methyl sites for hydroxylation is 1. The summed E-state index contributed by atoms with van der Waals surface area (Å²) >= 11 is 1.09. The number of carboxylic acid groups (broad SMARTS) is 1. The molecular weight excluding hydrogens is 402 g/mol. The summed E-state index contributed by atoms with van der Waals surface area (Å²) in [6.07, 6.45) is 0. The molecule has 150 valence electrons. The van der Waals surface area contributed by atoms with E-state index >= 15 is 0 Å². The highest BCUT2D eigenvalue weighted by Crippen LogP contribution is 2.25. The second kappa shape index (κ2) is 7.92. The van der Waals surface area contributed by atoms with Gasteiger partial charge in [-0.05, 0) is 18.6 Å². The minimum absolute atomic E-state index is 0.0101. The first-order valence-corrected chi connectivity index (χ1v) is 10.00. The van der Waals surface area contributed by atoms with Gasteiger partial charge >= 0.3 is 5.97 Å². The number of carbonyl (C=O) groups excluding carboxylic acids is 1. The van der Waals surface area contributed by atoms with Gasteiger partial charge in [0.05, 0.1) is 10.9 Å². The molecule has 0 bridgehead atoms. The van der Waals surface area contributed by atoms with Gasteiger partial charge in [0.25, 0.3) is 5.56 Å². The van der Waals surface area contributed by atoms with E-state index in [9.17, 15) is 19.5 Å². The molecule has 0 aliphatic rings. The molecule has 8 heteroatoms. The Hall–Kier alpha value is -3.78. The summed E-state index contributed by atoms with van der Waals surface area (Å²) in [6.45, 7) is 1.57. The summed E-state index contributed by atoms with van der Waals surface area (Å²) in [7, 11) is 0. The third kappa shape index (κ3) is 3.60. The van der Waals surface area contributed by atoms with Crippen molar-refractivity contribution in [3.63, 3.8) is 0 Å². The highest BCUT2D eigenvalue weighted by Gasteiger charge is 2.21. The number of fused-ring (bicyclic) bond motifs is 1. The number of para-hydroxylation sites is 1. The van der Waals surface area contributed by atoms with E-state index in [4.69, 9.17) is 0 Å². The van der Waals surface area contributed by atoms with Crippen molar-refractivity contribution >= 4 is 39.1 Å². The maximum Gasteiger partial charge on any atom is 0.337 e. The van der Waals surface area contributed by atoms with Crippen molar-refractivity contribution in [2.75, 3.05) is 5.32 Å². The van der Waals surface area contributed by atoms with Crippen LogP contribution in [0, 0.1) is 6.92 Å². The Morgan fingerprint density at radius 1 is 1.10 bits per heavy atom. The summed E-state index contributed by atoms with van der Waals surface area (Å²) in [5.41, 5.74) is 1.52. The standard InChI is InChI=1S/C22H17N3O4S/c1-13-7-5-6-10-16(13)23-17(26)11-25-19(14-8-3-2-4-9-14)24-20-18(21(25)27)15(12-30-20)22(28)29/h2-10,12H,11H2,1H3,(H,23,26)(H,28,29). The Balaban J connectivity index is 1.83. The third-order valence-corrected chi connectivity index (χ3v) is 5.55. The molecule has 0 radical (unpaired) electrons. The average molecular weight is 419 g/mol. The highest BCUT2D eigenvalue weighted by atomic mass is 32.1. The normalized spacial score (nSPS) is 10.8. The number of aromatic carboxylic acids is 1. The van der Waals surface area contributed by atoms with Crippen molar-refractivity contribution in [2.24, 2.45) is 0 Å². The number of carboxylic acids is 1. The summed E-state index contributed by atoms with van der Waals surface area (Å²) in [5.74, 6) is -1.30. The molecule has 4 rings (SSSR count). The Morgan fingerprint density at radius 3 is 2.50 bits per heavy atom. The molecule has 2 aromatic carbocycles. The van der Waals surface area contributed by atoms with E-state index in [0.717, 1.165) is 16.9 Å². The number of amides is 1. The summed E-state index contributed by atoms with van der Waals surface area (Å²) in [4.78, 5) is 42.4. The van der Waals surface area contributed by atoms with Gasteiger partial charge in [0.1, 0.15) is 17.2 Å². The molecule has 7 nitrogen and oxygen atoms in total. The fourth-order valence-electron chi connectivity index (χ4n) is 3.18. The number of hydrogen-bond acceptors (Lipinski definition) is 5. The first-order valence-electron chi connectivity index (χ1n) is 9.12. The fraction of sp³-hybridized carbons (Fsp3) is 0.0909. The van der Waals surface area contributed by atoms with E-state index in [1.54, 1.807) is 30.3 Å². The van der Waals surface area contributed by atoms with Gasteiger partial charge in [-0.25, -0.2) is 9.78 Å². The number of benzene rings is 2. The molecule has 2 N–H and O–H groups in total. The molecular formula is C22H17N3O4S. The molecule has 2 heterocycles. The second-order valence-corrected chi connectivity index (χ2v) is 7.55. The van der Waals surface area contributed by atoms with E-state index in [2.05, 4.69) is 10.3 Å². The van der Waals surface area contributed by atoms with Crippen LogP contribution < -0.4 is 10.9 Å². The molecule has 0 aliphatic carbocycles. The first-order chi connectivity index (χ1) is 14.5. The molecule has 0 saturated carbocycles. The Kier molecular flexibility index (Phi) is 5.16. The fourth-order valence-corrected chi connectivity index (χ4v) is 4.08. The van der Waals surface area contributed by atoms with Crippen LogP contribution in [0.4, 0.5) is 5.69 Å². The average Bonchev–Trinajstić information content (AvgIpc) is 3.17. The zero-order valence-electron chi connectivity index (χ0n) is 16.0. The lowest BCUT2D eigenvalue weighted by atomic mass is 10.2. The molecule has 1 amide bonds. The van der Waals surface area contributed by atoms with Crippen LogP contribution in [-0.4, -0.2) is 26.5 Å². The summed E-state index contributed by atoms with van der Waals surface area (Å²) in [5, 5.41) is 13.6. The topological polar surface area (TPSA) is 101 Å². The van der Waals surface area contributed by atoms with Gasteiger partial charge in [0.2, 0.25) is 5.91 Å². The molecule has 0 fully saturated rings. The molecule has 2 aromatic heterocycles. The van der Waals surface area contributed by atoms with Gasteiger partial charge in [-0.15, -0.1) is 11.3 Å². The van der Waals surface area contributed by atoms with E-state index in [1.807, 2.05) is 31.2 Å². The molecule has 0 atom stereocenters. The van der Waals surface area contributed by atoms with Crippen molar-refractivity contribution in [2.45, 2.75) is 13.5 Å². The van der Waals surface area contributed by atoms with Crippen LogP contribution in [-0.2, 0) is 11.3 Å². The Bertz CT molecular complexity index is 1330. The van der Waals surface area contributed by atoms with Crippen LogP contribution in [0.1, 0.15) is 15.9 Å². The van der Waals surface area contributed by atoms with Crippen LogP contribution >= 0.6 is 11.3 Å². The summed E-state index contributed by atoms with van der Waals surface area (Å²) in [6, 6.07) is 16.3. The largest absolute Gasteiger partial charge is 0.478 e. The number of nitrogens with one attached hydrogen (secondary N) is 1. The molecule has 30 heavy (non-hydrogen) atoms. The van der Waals surface area contributed by atoms with Crippen molar-refractivity contribution in [3.8, 4) is 11.4 Å². The molecule has 0 unspecified atom stereocenters. The number of carbonyl (C=O) groups is 2. The lowest BCUT2D eigenvalue weighted by molar-refractivity contribution is -0.116. The van der Waals surface area contributed by atoms with Gasteiger partial charge in [-0.2, -0.15) is 0 Å². The molecule has 4 aromatic rings. The number of hydrogen-bond donors (Lipinski definition) is 2. The monoisotopic (exact) mass is 419 g/mol. The molecule has 0 spiro atoms. The SMILES string of the molecule is Cc1ccccc1NC(=O)Cn1c(-c2ccccc2)nc2scc(C(=O)O)c2c1=O. The lowest BCUT2D eigenvalue weighted by Gasteiger charge is -2.14. The second-order valence-electron chi connectivity index (χ2n) is 6.69. The molecule has 0 aliphatic heterocycles. The number of aromatic nitrogens is 2. The van der Waals surface area contributed by atoms with Crippen LogP contribution in [0.3, 0.4) is 0 Å². The Labute approximate surface area is 175 Å². The smallest absolute Gasteiger partial charge is 0.337 e. The van der Waals surface area contributed by atoms with E-state index in [0.29, 0.717) is 21.9 Å². The minimum atomic E-state index is -1.21. The van der Waals surface area contributed by atoms with Crippen molar-refractivity contribution in [1.29, 1.82) is 0 Å². The number of rotatable bonds is 5. The van der Waals surface area contributed by atoms with Gasteiger partial charge in [0, 0.05) is 16.6 Å². The predicted octanol–water partition coefficient (Wildman–Crippen LogP) is 3.77. The zero-order chi connectivity index (χ0) is 21.3. The lowest BCUT2D eigenvalue weighted by Crippen LogP contribution is -2.30. The van der Waals surface area contributed by atoms with Crippen molar-refractivity contribution in [3.05, 3.63) is 81.5 Å². The maximum atomic E-state index is 13.3. The number of anilines is 1. The van der Waals surface area contributed by atoms with Crippen LogP contribution in [0.15, 0.2) is 64.8 Å². The van der Waals surface area contributed by atoms with E-state index < -0.39 is 17.4 Å². The summed E-state index contributed by atoms with van der Waals surface area (Å²) < 4.78 is 1.23. The van der Waals surface area contributed by atoms with Crippen molar-refractivity contribution < 1.29 is 14.7 Å². The van der Waals surface area contributed by atoms with E-state index in [-0.39, 0.29) is 17.5 Å². The van der Waals surface area contributed by atoms with Crippen LogP contribution in [0.2, 0.25) is 0 Å². The Morgan fingerprint density at radius 2 is 1.80 bits per heavy atom. The maximum absolute atomic E-state index is 13.3. The van der Waals surface area contributed by atoms with Gasteiger partial charge < -0.3 is 10.4 Å². The first kappa shape index (κ1) is 19.5. The number of thiophene rings is 1. The van der Waals surface area contributed by atoms with Gasteiger partial charge in [-0.1, -0.05) is 48.5 Å². The quantitative estimate of drug-likeness (QED) is 0.513. The van der Waals surface area contributed by atoms with E-state index in [1.165, 1.54) is 9.95 Å². The molecule has 0 saturated heterocycles. The zero-order valence-corrected chi connectivity index (χ0v) is 16.8. The third-order valence-electron chi connectivity index (χ3n) is 4.68. The van der Waals surface area contributed by atoms with Gasteiger partial charge in [-0.3, -0.25) is 14.2 Å². The van der Waals surface area contributed by atoms with Crippen molar-refractivity contribution in [1.82, 2.24) is 9.55 Å². The minimum Gasteiger partial charge on any atom is -0.478 e. The van der Waals surface area contributed by atoms with Crippen LogP contribution in [0.5, 0.6) is 0 Å². The van der Waals surface area contributed by atoms with Crippen LogP contribution in [0.25, 0.3) is 21.6 Å². The van der Waals surface area contributed by atoms with Gasteiger partial charge in [0.15, 0.2) is 0 Å². The highest BCUT2D eigenvalue weighted by molar-refractivity contribution is 7.17.